The van der Waals surface area contributed by atoms with Crippen molar-refractivity contribution >= 4 is 35.0 Å². The van der Waals surface area contributed by atoms with Crippen LogP contribution in [0.2, 0.25) is 0 Å². The van der Waals surface area contributed by atoms with Crippen molar-refractivity contribution in [1.29, 1.82) is 0 Å². The summed E-state index contributed by atoms with van der Waals surface area (Å²) in [6.07, 6.45) is 0.863. The highest BCUT2D eigenvalue weighted by Crippen LogP contribution is 2.54. The van der Waals surface area contributed by atoms with Crippen molar-refractivity contribution < 1.29 is 0 Å². The monoisotopic (exact) mass is 313 g/mol. The standard InChI is InChI=1S/C13H13Cl2N3S/c1-9-16-17-12(19-8-10-7-13(10,14)15)18(9)11-5-3-2-4-6-11/h2-6,10H,7-8H2,1H3/t10-/m0/s1. The fourth-order valence-electron chi connectivity index (χ4n) is 1.94. The van der Waals surface area contributed by atoms with Crippen molar-refractivity contribution in [2.24, 2.45) is 5.92 Å². The number of benzene rings is 1. The van der Waals surface area contributed by atoms with E-state index in [1.807, 2.05) is 37.3 Å². The molecule has 2 aromatic rings. The molecule has 1 fully saturated rings. The molecular formula is C13H13Cl2N3S. The zero-order valence-electron chi connectivity index (χ0n) is 10.4. The summed E-state index contributed by atoms with van der Waals surface area (Å²) in [4.78, 5) is 0. The van der Waals surface area contributed by atoms with E-state index in [-0.39, 0.29) is 0 Å². The summed E-state index contributed by atoms with van der Waals surface area (Å²) in [5, 5.41) is 9.27. The molecular weight excluding hydrogens is 301 g/mol. The summed E-state index contributed by atoms with van der Waals surface area (Å²) < 4.78 is 1.52. The van der Waals surface area contributed by atoms with Gasteiger partial charge in [0.1, 0.15) is 10.2 Å². The van der Waals surface area contributed by atoms with Gasteiger partial charge in [-0.25, -0.2) is 0 Å². The van der Waals surface area contributed by atoms with Gasteiger partial charge in [-0.2, -0.15) is 0 Å². The van der Waals surface area contributed by atoms with E-state index in [9.17, 15) is 0 Å². The number of alkyl halides is 2. The smallest absolute Gasteiger partial charge is 0.195 e. The summed E-state index contributed by atoms with van der Waals surface area (Å²) in [5.74, 6) is 2.10. The molecule has 3 rings (SSSR count). The maximum absolute atomic E-state index is 6.04. The van der Waals surface area contributed by atoms with Crippen molar-refractivity contribution in [3.8, 4) is 5.69 Å². The largest absolute Gasteiger partial charge is 0.274 e. The first kappa shape index (κ1) is 13.3. The van der Waals surface area contributed by atoms with Crippen molar-refractivity contribution in [1.82, 2.24) is 14.8 Å². The Balaban J connectivity index is 1.79. The first-order valence-electron chi connectivity index (χ1n) is 6.06. The van der Waals surface area contributed by atoms with Crippen LogP contribution in [-0.2, 0) is 0 Å². The summed E-state index contributed by atoms with van der Waals surface area (Å²) in [6, 6.07) is 10.1. The molecule has 1 saturated carbocycles. The third kappa shape index (κ3) is 2.76. The minimum Gasteiger partial charge on any atom is -0.274 e. The SMILES string of the molecule is Cc1nnc(SC[C@@H]2CC2(Cl)Cl)n1-c1ccccc1. The van der Waals surface area contributed by atoms with E-state index >= 15 is 0 Å². The molecule has 1 atom stereocenters. The molecule has 6 heteroatoms. The van der Waals surface area contributed by atoms with E-state index in [2.05, 4.69) is 14.8 Å². The molecule has 1 heterocycles. The number of rotatable bonds is 4. The van der Waals surface area contributed by atoms with Crippen LogP contribution in [0.25, 0.3) is 5.69 Å². The summed E-state index contributed by atoms with van der Waals surface area (Å²) in [6.45, 7) is 1.95. The zero-order chi connectivity index (χ0) is 13.5. The van der Waals surface area contributed by atoms with Gasteiger partial charge in [-0.05, 0) is 25.5 Å². The number of thioether (sulfide) groups is 1. The Labute approximate surface area is 126 Å². The van der Waals surface area contributed by atoms with Gasteiger partial charge in [-0.3, -0.25) is 4.57 Å². The van der Waals surface area contributed by atoms with E-state index in [0.29, 0.717) is 5.92 Å². The Kier molecular flexibility index (Phi) is 3.50. The second kappa shape index (κ2) is 5.00. The minimum absolute atomic E-state index is 0.349. The van der Waals surface area contributed by atoms with Gasteiger partial charge in [0.2, 0.25) is 0 Å². The predicted molar refractivity (Wildman–Crippen MR) is 79.4 cm³/mol. The highest BCUT2D eigenvalue weighted by atomic mass is 35.5. The first-order chi connectivity index (χ1) is 9.08. The lowest BCUT2D eigenvalue weighted by Crippen LogP contribution is -2.00. The van der Waals surface area contributed by atoms with E-state index in [1.165, 1.54) is 0 Å². The molecule has 1 aromatic carbocycles. The van der Waals surface area contributed by atoms with Gasteiger partial charge in [0.25, 0.3) is 0 Å². The molecule has 1 aliphatic rings. The fourth-order valence-corrected chi connectivity index (χ4v) is 3.86. The molecule has 3 nitrogen and oxygen atoms in total. The van der Waals surface area contributed by atoms with Crippen LogP contribution in [-0.4, -0.2) is 24.9 Å². The van der Waals surface area contributed by atoms with Gasteiger partial charge in [0.05, 0.1) is 0 Å². The lowest BCUT2D eigenvalue weighted by Gasteiger charge is -2.07. The van der Waals surface area contributed by atoms with Crippen LogP contribution in [0.15, 0.2) is 35.5 Å². The fraction of sp³-hybridized carbons (Fsp3) is 0.385. The summed E-state index contributed by atoms with van der Waals surface area (Å²) >= 11 is 13.7. The molecule has 100 valence electrons. The quantitative estimate of drug-likeness (QED) is 0.634. The zero-order valence-corrected chi connectivity index (χ0v) is 12.7. The molecule has 0 radical (unpaired) electrons. The molecule has 0 amide bonds. The number of hydrogen-bond acceptors (Lipinski definition) is 3. The van der Waals surface area contributed by atoms with E-state index in [4.69, 9.17) is 23.2 Å². The Bertz CT molecular complexity index is 583. The van der Waals surface area contributed by atoms with Gasteiger partial charge in [-0.1, -0.05) is 30.0 Å². The highest BCUT2D eigenvalue weighted by molar-refractivity contribution is 7.99. The number of halogens is 2. The number of aryl methyl sites for hydroxylation is 1. The Morgan fingerprint density at radius 1 is 1.32 bits per heavy atom. The molecule has 0 aliphatic heterocycles. The molecule has 0 saturated heterocycles. The van der Waals surface area contributed by atoms with Gasteiger partial charge >= 0.3 is 0 Å². The number of para-hydroxylation sites is 1. The van der Waals surface area contributed by atoms with Crippen molar-refractivity contribution in [2.75, 3.05) is 5.75 Å². The molecule has 0 spiro atoms. The lowest BCUT2D eigenvalue weighted by atomic mass is 10.3. The van der Waals surface area contributed by atoms with E-state index < -0.39 is 4.33 Å². The van der Waals surface area contributed by atoms with Crippen molar-refractivity contribution in [3.05, 3.63) is 36.2 Å². The topological polar surface area (TPSA) is 30.7 Å². The second-order valence-electron chi connectivity index (χ2n) is 4.67. The summed E-state index contributed by atoms with van der Waals surface area (Å²) in [5.41, 5.74) is 1.08. The minimum atomic E-state index is -0.528. The van der Waals surface area contributed by atoms with Gasteiger partial charge in [0, 0.05) is 17.4 Å². The molecule has 1 aliphatic carbocycles. The summed E-state index contributed by atoms with van der Waals surface area (Å²) in [7, 11) is 0. The Morgan fingerprint density at radius 3 is 2.63 bits per heavy atom. The molecule has 19 heavy (non-hydrogen) atoms. The third-order valence-corrected chi connectivity index (χ3v) is 5.20. The average Bonchev–Trinajstić information content (AvgIpc) is 2.84. The third-order valence-electron chi connectivity index (χ3n) is 3.18. The second-order valence-corrected chi connectivity index (χ2v) is 7.20. The maximum Gasteiger partial charge on any atom is 0.195 e. The van der Waals surface area contributed by atoms with Crippen LogP contribution in [0.3, 0.4) is 0 Å². The first-order valence-corrected chi connectivity index (χ1v) is 7.80. The predicted octanol–water partition coefficient (Wildman–Crippen LogP) is 3.86. The Hall–Kier alpha value is -0.710. The number of aromatic nitrogens is 3. The van der Waals surface area contributed by atoms with Crippen LogP contribution >= 0.6 is 35.0 Å². The average molecular weight is 314 g/mol. The van der Waals surface area contributed by atoms with Crippen LogP contribution in [0, 0.1) is 12.8 Å². The van der Waals surface area contributed by atoms with Crippen molar-refractivity contribution in [3.63, 3.8) is 0 Å². The highest BCUT2D eigenvalue weighted by Gasteiger charge is 2.51. The van der Waals surface area contributed by atoms with Crippen LogP contribution in [0.4, 0.5) is 0 Å². The van der Waals surface area contributed by atoms with E-state index in [0.717, 1.165) is 28.8 Å². The van der Waals surface area contributed by atoms with Crippen LogP contribution < -0.4 is 0 Å². The maximum atomic E-state index is 6.04. The van der Waals surface area contributed by atoms with E-state index in [1.54, 1.807) is 11.8 Å². The normalized spacial score (nSPS) is 20.5. The van der Waals surface area contributed by atoms with Gasteiger partial charge in [-0.15, -0.1) is 33.4 Å². The van der Waals surface area contributed by atoms with Crippen LogP contribution in [0.1, 0.15) is 12.2 Å². The number of hydrogen-bond donors (Lipinski definition) is 0. The Morgan fingerprint density at radius 2 is 2.00 bits per heavy atom. The molecule has 0 bridgehead atoms. The molecule has 0 unspecified atom stereocenters. The lowest BCUT2D eigenvalue weighted by molar-refractivity contribution is 0.862. The van der Waals surface area contributed by atoms with Crippen molar-refractivity contribution in [2.45, 2.75) is 22.8 Å². The number of nitrogens with zero attached hydrogens (tertiary/aromatic N) is 3. The van der Waals surface area contributed by atoms with Crippen LogP contribution in [0.5, 0.6) is 0 Å². The van der Waals surface area contributed by atoms with Gasteiger partial charge < -0.3 is 0 Å². The molecule has 0 N–H and O–H groups in total. The van der Waals surface area contributed by atoms with Gasteiger partial charge in [0.15, 0.2) is 5.16 Å². The molecule has 1 aromatic heterocycles.